The van der Waals surface area contributed by atoms with Crippen molar-refractivity contribution in [3.63, 3.8) is 0 Å². The summed E-state index contributed by atoms with van der Waals surface area (Å²) in [7, 11) is 4.18. The summed E-state index contributed by atoms with van der Waals surface area (Å²) in [6.45, 7) is 5.57. The van der Waals surface area contributed by atoms with Gasteiger partial charge in [0.15, 0.2) is 0 Å². The van der Waals surface area contributed by atoms with Gasteiger partial charge in [0.1, 0.15) is 0 Å². The predicted octanol–water partition coefficient (Wildman–Crippen LogP) is 4.90. The summed E-state index contributed by atoms with van der Waals surface area (Å²) in [5.74, 6) is 2.27. The Hall–Kier alpha value is -3.09. The van der Waals surface area contributed by atoms with Gasteiger partial charge in [-0.25, -0.2) is 0 Å². The van der Waals surface area contributed by atoms with Crippen LogP contribution in [0.4, 0.5) is 0 Å². The Morgan fingerprint density at radius 3 is 2.38 bits per heavy atom. The van der Waals surface area contributed by atoms with Gasteiger partial charge < -0.3 is 0 Å². The van der Waals surface area contributed by atoms with Gasteiger partial charge >= 0.3 is 209 Å². The molecule has 0 unspecified atom stereocenters. The second-order valence-electron chi connectivity index (χ2n) is 9.56. The van der Waals surface area contributed by atoms with Crippen LogP contribution in [-0.2, 0) is 12.0 Å². The van der Waals surface area contributed by atoms with Crippen LogP contribution in [0.15, 0.2) is 72.8 Å². The molecule has 1 aliphatic rings. The summed E-state index contributed by atoms with van der Waals surface area (Å²) in [6.07, 6.45) is 3.39. The first-order valence-corrected chi connectivity index (χ1v) is 13.0. The zero-order valence-corrected chi connectivity index (χ0v) is 21.8. The van der Waals surface area contributed by atoms with Crippen molar-refractivity contribution in [1.82, 2.24) is 4.90 Å². The molecule has 0 fully saturated rings. The van der Waals surface area contributed by atoms with Crippen molar-refractivity contribution in [2.75, 3.05) is 14.1 Å². The van der Waals surface area contributed by atoms with Gasteiger partial charge in [-0.1, -0.05) is 0 Å². The fourth-order valence-corrected chi connectivity index (χ4v) is 5.48. The second-order valence-corrected chi connectivity index (χ2v) is 11.4. The van der Waals surface area contributed by atoms with E-state index in [9.17, 15) is 4.79 Å². The Balaban J connectivity index is 1.56. The summed E-state index contributed by atoms with van der Waals surface area (Å²) < 4.78 is 1.26. The molecule has 0 saturated carbocycles. The van der Waals surface area contributed by atoms with E-state index in [0.29, 0.717) is 0 Å². The summed E-state index contributed by atoms with van der Waals surface area (Å²) in [5, 5.41) is 9.04. The van der Waals surface area contributed by atoms with E-state index < -0.39 is 5.97 Å². The van der Waals surface area contributed by atoms with Crippen molar-refractivity contribution < 1.29 is 9.90 Å². The van der Waals surface area contributed by atoms with Crippen molar-refractivity contribution in [1.29, 1.82) is 0 Å². The monoisotopic (exact) mass is 515 g/mol. The SMILES string of the molecule is CN(C)Cc1ccc(C2=CCC(C)(C)c3cc([Se]C#Cc4ccc(C(=O)O)cc4)ccc32)cc1. The van der Waals surface area contributed by atoms with Crippen LogP contribution in [0.1, 0.15) is 58.4 Å². The summed E-state index contributed by atoms with van der Waals surface area (Å²) >= 11 is 0.0196. The van der Waals surface area contributed by atoms with Gasteiger partial charge in [0.25, 0.3) is 0 Å². The second kappa shape index (κ2) is 10.0. The molecule has 0 heterocycles. The van der Waals surface area contributed by atoms with Gasteiger partial charge in [0.05, 0.1) is 0 Å². The molecule has 4 heteroatoms. The standard InChI is InChI=1S/C30H29NO2Se/c1-30(2)17-15-26(23-9-7-22(8-10-23)20-31(3)4)27-14-13-25(19-28(27)30)34-18-16-21-5-11-24(12-6-21)29(32)33/h5-15,19H,17,20H2,1-4H3,(H,32,33). The topological polar surface area (TPSA) is 40.5 Å². The molecule has 0 spiro atoms. The third-order valence-corrected chi connectivity index (χ3v) is 7.54. The van der Waals surface area contributed by atoms with Gasteiger partial charge in [-0.15, -0.1) is 0 Å². The number of rotatable bonds is 5. The van der Waals surface area contributed by atoms with Crippen LogP contribution in [0.25, 0.3) is 5.57 Å². The normalized spacial score (nSPS) is 14.1. The van der Waals surface area contributed by atoms with Crippen LogP contribution in [0, 0.1) is 10.7 Å². The number of aromatic carboxylic acids is 1. The van der Waals surface area contributed by atoms with E-state index in [1.54, 1.807) is 24.3 Å². The number of hydrogen-bond acceptors (Lipinski definition) is 2. The molecule has 0 saturated heterocycles. The van der Waals surface area contributed by atoms with Crippen molar-refractivity contribution in [3.05, 3.63) is 106 Å². The van der Waals surface area contributed by atoms with Crippen LogP contribution in [0.2, 0.25) is 0 Å². The molecule has 0 atom stereocenters. The average Bonchev–Trinajstić information content (AvgIpc) is 2.80. The third kappa shape index (κ3) is 5.51. The number of carbonyl (C=O) groups is 1. The van der Waals surface area contributed by atoms with Crippen LogP contribution < -0.4 is 4.46 Å². The molecule has 0 aliphatic heterocycles. The number of allylic oxidation sites excluding steroid dienone is 1. The number of carboxylic acid groups (broad SMARTS) is 1. The Bertz CT molecular complexity index is 1290. The number of carboxylic acids is 1. The summed E-state index contributed by atoms with van der Waals surface area (Å²) in [4.78, 5) is 16.5. The third-order valence-electron chi connectivity index (χ3n) is 6.09. The fourth-order valence-electron chi connectivity index (χ4n) is 4.23. The Morgan fingerprint density at radius 2 is 1.74 bits per heavy atom. The molecule has 1 aliphatic carbocycles. The minimum atomic E-state index is -0.918. The molecule has 4 rings (SSSR count). The van der Waals surface area contributed by atoms with Crippen molar-refractivity contribution in [2.24, 2.45) is 0 Å². The molecule has 3 nitrogen and oxygen atoms in total. The maximum absolute atomic E-state index is 11.0. The van der Waals surface area contributed by atoms with E-state index in [0.717, 1.165) is 18.5 Å². The molecule has 0 radical (unpaired) electrons. The average molecular weight is 515 g/mol. The minimum absolute atomic E-state index is 0.0196. The zero-order valence-electron chi connectivity index (χ0n) is 20.1. The van der Waals surface area contributed by atoms with E-state index in [-0.39, 0.29) is 25.9 Å². The van der Waals surface area contributed by atoms with E-state index in [1.807, 2.05) is 0 Å². The molecule has 172 valence electrons. The van der Waals surface area contributed by atoms with Crippen LogP contribution >= 0.6 is 0 Å². The maximum atomic E-state index is 11.0. The molecule has 3 aromatic carbocycles. The molecule has 0 amide bonds. The number of fused-ring (bicyclic) bond motifs is 1. The predicted molar refractivity (Wildman–Crippen MR) is 141 cm³/mol. The molecule has 0 aromatic heterocycles. The van der Waals surface area contributed by atoms with Crippen molar-refractivity contribution >= 4 is 31.0 Å². The molecule has 3 aromatic rings. The zero-order chi connectivity index (χ0) is 24.3. The first kappa shape index (κ1) is 24.0. The van der Waals surface area contributed by atoms with Gasteiger partial charge in [-0.3, -0.25) is 0 Å². The van der Waals surface area contributed by atoms with Crippen LogP contribution in [0.5, 0.6) is 0 Å². The molecular weight excluding hydrogens is 485 g/mol. The number of benzene rings is 3. The first-order valence-electron chi connectivity index (χ1n) is 11.3. The van der Waals surface area contributed by atoms with Gasteiger partial charge in [-0.05, 0) is 0 Å². The Kier molecular flexibility index (Phi) is 7.10. The fraction of sp³-hybridized carbons (Fsp3) is 0.233. The summed E-state index contributed by atoms with van der Waals surface area (Å²) in [5.41, 5.74) is 7.80. The van der Waals surface area contributed by atoms with Crippen molar-refractivity contribution in [2.45, 2.75) is 32.2 Å². The molecular formula is C30H29NO2Se. The van der Waals surface area contributed by atoms with Gasteiger partial charge in [0, 0.05) is 0 Å². The quantitative estimate of drug-likeness (QED) is 0.389. The van der Waals surface area contributed by atoms with E-state index in [1.165, 1.54) is 32.3 Å². The number of nitrogens with zero attached hydrogens (tertiary/aromatic N) is 1. The van der Waals surface area contributed by atoms with Gasteiger partial charge in [0.2, 0.25) is 0 Å². The molecule has 1 N–H and O–H groups in total. The van der Waals surface area contributed by atoms with Gasteiger partial charge in [-0.2, -0.15) is 0 Å². The summed E-state index contributed by atoms with van der Waals surface area (Å²) in [6, 6.07) is 22.5. The van der Waals surface area contributed by atoms with Crippen LogP contribution in [-0.4, -0.2) is 45.0 Å². The van der Waals surface area contributed by atoms with E-state index in [2.05, 4.69) is 92.1 Å². The van der Waals surface area contributed by atoms with Crippen LogP contribution in [0.3, 0.4) is 0 Å². The van der Waals surface area contributed by atoms with Crippen molar-refractivity contribution in [3.8, 4) is 10.7 Å². The molecule has 34 heavy (non-hydrogen) atoms. The van der Waals surface area contributed by atoms with E-state index in [4.69, 9.17) is 5.11 Å². The Morgan fingerprint density at radius 1 is 1.03 bits per heavy atom. The first-order chi connectivity index (χ1) is 16.2. The number of hydrogen-bond donors (Lipinski definition) is 1. The molecule has 0 bridgehead atoms. The van der Waals surface area contributed by atoms with E-state index >= 15 is 0 Å². The Labute approximate surface area is 208 Å².